The van der Waals surface area contributed by atoms with Crippen LogP contribution >= 0.6 is 0 Å². The number of H-pyrrole nitrogens is 1. The van der Waals surface area contributed by atoms with Crippen molar-refractivity contribution < 1.29 is 14.4 Å². The Balaban J connectivity index is 1.62. The zero-order valence-corrected chi connectivity index (χ0v) is 17.8. The Morgan fingerprint density at radius 1 is 1.16 bits per heavy atom. The summed E-state index contributed by atoms with van der Waals surface area (Å²) in [5.74, 6) is -0.824. The molecule has 0 aliphatic rings. The molecule has 164 valence electrons. The molecule has 0 aliphatic carbocycles. The lowest BCUT2D eigenvalue weighted by molar-refractivity contribution is 0.0697. The summed E-state index contributed by atoms with van der Waals surface area (Å²) in [7, 11) is 1.72. The minimum absolute atomic E-state index is 0.188. The van der Waals surface area contributed by atoms with E-state index in [1.54, 1.807) is 7.05 Å². The summed E-state index contributed by atoms with van der Waals surface area (Å²) in [4.78, 5) is 28.8. The van der Waals surface area contributed by atoms with E-state index < -0.39 is 11.7 Å². The largest absolute Gasteiger partial charge is 0.477 e. The molecule has 2 aromatic carbocycles. The highest BCUT2D eigenvalue weighted by atomic mass is 16.5. The van der Waals surface area contributed by atoms with Crippen LogP contribution in [-0.4, -0.2) is 37.5 Å². The highest BCUT2D eigenvalue weighted by molar-refractivity contribution is 5.93. The lowest BCUT2D eigenvalue weighted by Crippen LogP contribution is -2.25. The molecule has 32 heavy (non-hydrogen) atoms. The molecule has 4 aromatic rings. The van der Waals surface area contributed by atoms with Gasteiger partial charge in [0.05, 0.1) is 0 Å². The van der Waals surface area contributed by atoms with Crippen LogP contribution in [0.5, 0.6) is 0 Å². The third kappa shape index (κ3) is 4.31. The predicted octanol–water partition coefficient (Wildman–Crippen LogP) is 3.55. The van der Waals surface area contributed by atoms with Crippen molar-refractivity contribution in [3.8, 4) is 22.5 Å². The number of rotatable bonds is 8. The predicted molar refractivity (Wildman–Crippen MR) is 120 cm³/mol. The zero-order chi connectivity index (χ0) is 22.7. The number of hydrogen-bond acceptors (Lipinski definition) is 6. The van der Waals surface area contributed by atoms with Crippen molar-refractivity contribution in [1.29, 1.82) is 0 Å². The molecule has 4 rings (SSSR count). The van der Waals surface area contributed by atoms with Gasteiger partial charge in [0, 0.05) is 31.9 Å². The molecule has 2 heterocycles. The van der Waals surface area contributed by atoms with E-state index >= 15 is 0 Å². The van der Waals surface area contributed by atoms with Crippen molar-refractivity contribution in [2.24, 2.45) is 7.05 Å². The minimum Gasteiger partial charge on any atom is -0.477 e. The van der Waals surface area contributed by atoms with Gasteiger partial charge in [-0.1, -0.05) is 55.5 Å². The fraction of sp³-hybridized carbons (Fsp3) is 0.217. The van der Waals surface area contributed by atoms with Gasteiger partial charge in [0.25, 0.3) is 0 Å². The van der Waals surface area contributed by atoms with Crippen molar-refractivity contribution in [2.75, 3.05) is 11.4 Å². The summed E-state index contributed by atoms with van der Waals surface area (Å²) < 4.78 is 6.24. The van der Waals surface area contributed by atoms with Crippen molar-refractivity contribution in [3.05, 3.63) is 76.4 Å². The molecule has 0 saturated carbocycles. The van der Waals surface area contributed by atoms with Gasteiger partial charge < -0.3 is 14.5 Å². The fourth-order valence-corrected chi connectivity index (χ4v) is 3.69. The fourth-order valence-electron chi connectivity index (χ4n) is 3.69. The number of carboxylic acid groups (broad SMARTS) is 1. The van der Waals surface area contributed by atoms with Crippen LogP contribution in [0.3, 0.4) is 0 Å². The Morgan fingerprint density at radius 3 is 2.50 bits per heavy atom. The average Bonchev–Trinajstić information content (AvgIpc) is 3.40. The Bertz CT molecular complexity index is 1290. The lowest BCUT2D eigenvalue weighted by atomic mass is 9.98. The second-order valence-electron chi connectivity index (χ2n) is 7.44. The van der Waals surface area contributed by atoms with Crippen molar-refractivity contribution in [2.45, 2.75) is 19.9 Å². The van der Waals surface area contributed by atoms with Gasteiger partial charge in [0.15, 0.2) is 11.6 Å². The molecule has 0 aliphatic heterocycles. The van der Waals surface area contributed by atoms with Gasteiger partial charge >= 0.3 is 11.7 Å². The van der Waals surface area contributed by atoms with Crippen LogP contribution in [0.25, 0.3) is 22.5 Å². The van der Waals surface area contributed by atoms with Gasteiger partial charge in [0.1, 0.15) is 5.56 Å². The van der Waals surface area contributed by atoms with Crippen molar-refractivity contribution in [3.63, 3.8) is 0 Å². The summed E-state index contributed by atoms with van der Waals surface area (Å²) in [6.45, 7) is 3.26. The third-order valence-electron chi connectivity index (χ3n) is 5.09. The standard InChI is InChI=1S/C23H23N5O4/c1-3-12-28(21-19(22(29)30)14-27(2)25-21)13-15-8-10-16(11-9-15)17-6-4-5-7-18(17)20-24-23(31)32-26-20/h4-11,14H,3,12-13H2,1-2H3,(H,29,30)(H,24,26,31). The Morgan fingerprint density at radius 2 is 1.88 bits per heavy atom. The smallest absolute Gasteiger partial charge is 0.460 e. The maximum Gasteiger partial charge on any atom is 0.460 e. The molecular weight excluding hydrogens is 410 g/mol. The first-order valence-corrected chi connectivity index (χ1v) is 10.2. The molecule has 0 atom stereocenters. The molecule has 2 aromatic heterocycles. The van der Waals surface area contributed by atoms with Gasteiger partial charge in [0.2, 0.25) is 0 Å². The zero-order valence-electron chi connectivity index (χ0n) is 17.8. The summed E-state index contributed by atoms with van der Waals surface area (Å²) in [5, 5.41) is 16.5. The molecular formula is C23H23N5O4. The highest BCUT2D eigenvalue weighted by Gasteiger charge is 2.20. The summed E-state index contributed by atoms with van der Waals surface area (Å²) in [6.07, 6.45) is 2.38. The first kappa shape index (κ1) is 21.1. The highest BCUT2D eigenvalue weighted by Crippen LogP contribution is 2.30. The summed E-state index contributed by atoms with van der Waals surface area (Å²) >= 11 is 0. The molecule has 0 unspecified atom stereocenters. The maximum absolute atomic E-state index is 11.6. The van der Waals surface area contributed by atoms with E-state index in [0.717, 1.165) is 28.7 Å². The quantitative estimate of drug-likeness (QED) is 0.436. The second kappa shape index (κ2) is 8.93. The number of carbonyl (C=O) groups is 1. The van der Waals surface area contributed by atoms with Gasteiger partial charge in [-0.05, 0) is 23.1 Å². The number of nitrogens with zero attached hydrogens (tertiary/aromatic N) is 4. The van der Waals surface area contributed by atoms with E-state index in [1.165, 1.54) is 10.9 Å². The Hall–Kier alpha value is -4.14. The third-order valence-corrected chi connectivity index (χ3v) is 5.09. The molecule has 9 heteroatoms. The number of hydrogen-bond donors (Lipinski definition) is 2. The van der Waals surface area contributed by atoms with Crippen LogP contribution in [0, 0.1) is 0 Å². The minimum atomic E-state index is -0.993. The van der Waals surface area contributed by atoms with E-state index in [1.807, 2.05) is 60.4 Å². The number of carboxylic acids is 1. The average molecular weight is 433 g/mol. The van der Waals surface area contributed by atoms with Crippen LogP contribution in [0.1, 0.15) is 29.3 Å². The van der Waals surface area contributed by atoms with E-state index in [0.29, 0.717) is 24.7 Å². The molecule has 0 fully saturated rings. The number of nitrogens with one attached hydrogen (secondary N) is 1. The van der Waals surface area contributed by atoms with Gasteiger partial charge in [-0.15, -0.1) is 0 Å². The van der Waals surface area contributed by atoms with Crippen LogP contribution in [0.2, 0.25) is 0 Å². The molecule has 0 amide bonds. The number of aromatic amines is 1. The van der Waals surface area contributed by atoms with E-state index in [2.05, 4.69) is 15.2 Å². The van der Waals surface area contributed by atoms with Gasteiger partial charge in [-0.25, -0.2) is 9.59 Å². The van der Waals surface area contributed by atoms with E-state index in [4.69, 9.17) is 4.52 Å². The van der Waals surface area contributed by atoms with E-state index in [9.17, 15) is 14.7 Å². The first-order chi connectivity index (χ1) is 15.5. The van der Waals surface area contributed by atoms with Crippen molar-refractivity contribution in [1.82, 2.24) is 19.9 Å². The van der Waals surface area contributed by atoms with E-state index in [-0.39, 0.29) is 5.56 Å². The molecule has 9 nitrogen and oxygen atoms in total. The number of benzene rings is 2. The van der Waals surface area contributed by atoms with Crippen molar-refractivity contribution >= 4 is 11.8 Å². The Kier molecular flexibility index (Phi) is 5.89. The lowest BCUT2D eigenvalue weighted by Gasteiger charge is -2.23. The molecule has 0 bridgehead atoms. The molecule has 0 saturated heterocycles. The van der Waals surface area contributed by atoms with Crippen LogP contribution in [0.4, 0.5) is 5.82 Å². The van der Waals surface area contributed by atoms with Gasteiger partial charge in [-0.2, -0.15) is 15.2 Å². The topological polar surface area (TPSA) is 117 Å². The van der Waals surface area contributed by atoms with Crippen LogP contribution < -0.4 is 10.7 Å². The number of aromatic carboxylic acids is 1. The van der Waals surface area contributed by atoms with Crippen LogP contribution in [0.15, 0.2) is 64.0 Å². The number of aromatic nitrogens is 4. The second-order valence-corrected chi connectivity index (χ2v) is 7.44. The number of aryl methyl sites for hydroxylation is 1. The Labute approximate surface area is 183 Å². The summed E-state index contributed by atoms with van der Waals surface area (Å²) in [6, 6.07) is 15.6. The first-order valence-electron chi connectivity index (χ1n) is 10.2. The summed E-state index contributed by atoms with van der Waals surface area (Å²) in [5.41, 5.74) is 3.84. The number of anilines is 1. The molecule has 2 N–H and O–H groups in total. The SMILES string of the molecule is CCCN(Cc1ccc(-c2ccccc2-c2nc(=O)o[nH]2)cc1)c1nn(C)cc1C(=O)O. The normalized spacial score (nSPS) is 10.9. The molecule has 0 spiro atoms. The molecule has 0 radical (unpaired) electrons. The maximum atomic E-state index is 11.6. The monoisotopic (exact) mass is 433 g/mol. The van der Waals surface area contributed by atoms with Crippen LogP contribution in [-0.2, 0) is 13.6 Å². The van der Waals surface area contributed by atoms with Gasteiger partial charge in [-0.3, -0.25) is 4.68 Å².